The lowest BCUT2D eigenvalue weighted by Crippen LogP contribution is -2.07. The van der Waals surface area contributed by atoms with E-state index in [1.165, 1.54) is 23.5 Å². The second-order valence-corrected chi connectivity index (χ2v) is 11.1. The third-order valence-electron chi connectivity index (χ3n) is 4.38. The van der Waals surface area contributed by atoms with Crippen molar-refractivity contribution in [3.63, 3.8) is 0 Å². The lowest BCUT2D eigenvalue weighted by Gasteiger charge is -2.04. The van der Waals surface area contributed by atoms with Gasteiger partial charge in [-0.3, -0.25) is 10.1 Å². The monoisotopic (exact) mass is 485 g/mol. The van der Waals surface area contributed by atoms with Crippen LogP contribution in [0, 0.1) is 6.92 Å². The topological polar surface area (TPSA) is 98.2 Å². The molecule has 0 spiro atoms. The van der Waals surface area contributed by atoms with E-state index >= 15 is 0 Å². The van der Waals surface area contributed by atoms with E-state index in [1.54, 1.807) is 29.5 Å². The zero-order valence-corrected chi connectivity index (χ0v) is 19.7. The number of aryl methyl sites for hydroxylation is 1. The Labute approximate surface area is 193 Å². The number of hydrogen-bond donors (Lipinski definition) is 1. The molecule has 0 fully saturated rings. The maximum atomic E-state index is 12.3. The summed E-state index contributed by atoms with van der Waals surface area (Å²) in [6, 6.07) is 12.1. The number of nitrogens with one attached hydrogen (secondary N) is 1. The Kier molecular flexibility index (Phi) is 6.35. The molecule has 0 unspecified atom stereocenters. The van der Waals surface area contributed by atoms with Crippen molar-refractivity contribution >= 4 is 59.8 Å². The summed E-state index contributed by atoms with van der Waals surface area (Å²) in [6.07, 6.45) is 4.27. The Morgan fingerprint density at radius 1 is 1.16 bits per heavy atom. The van der Waals surface area contributed by atoms with E-state index in [2.05, 4.69) is 15.3 Å². The molecule has 0 aliphatic carbocycles. The smallest absolute Gasteiger partial charge is 0.250 e. The molecule has 0 aliphatic heterocycles. The van der Waals surface area contributed by atoms with Gasteiger partial charge in [-0.05, 0) is 48.9 Å². The predicted octanol–water partition coefficient (Wildman–Crippen LogP) is 4.70. The number of aromatic nitrogens is 2. The van der Waals surface area contributed by atoms with Gasteiger partial charge in [0.1, 0.15) is 12.4 Å². The zero-order valence-electron chi connectivity index (χ0n) is 17.2. The number of carbonyl (C=O) groups is 1. The molecule has 2 aromatic heterocycles. The van der Waals surface area contributed by atoms with E-state index in [4.69, 9.17) is 4.74 Å². The number of carbonyl (C=O) groups excluding carboxylic acids is 1. The van der Waals surface area contributed by atoms with Crippen LogP contribution in [0.25, 0.3) is 16.3 Å². The Bertz CT molecular complexity index is 1400. The van der Waals surface area contributed by atoms with Gasteiger partial charge in [0.15, 0.2) is 15.0 Å². The second kappa shape index (κ2) is 9.19. The number of ether oxygens (including phenoxy) is 1. The van der Waals surface area contributed by atoms with Crippen molar-refractivity contribution in [2.24, 2.45) is 0 Å². The van der Waals surface area contributed by atoms with E-state index in [1.807, 2.05) is 36.6 Å². The van der Waals surface area contributed by atoms with Crippen molar-refractivity contribution in [1.82, 2.24) is 9.97 Å². The van der Waals surface area contributed by atoms with Gasteiger partial charge in [0, 0.05) is 17.7 Å². The first kappa shape index (κ1) is 22.1. The summed E-state index contributed by atoms with van der Waals surface area (Å²) in [5.41, 5.74) is 2.37. The molecule has 10 heteroatoms. The SMILES string of the molecule is Cc1nc(COc2ccc(/C=C/C(=O)Nc3nc4ccc(S(C)(=O)=O)cc4s3)cc2)cs1. The van der Waals surface area contributed by atoms with Gasteiger partial charge in [0.25, 0.3) is 0 Å². The van der Waals surface area contributed by atoms with E-state index in [9.17, 15) is 13.2 Å². The highest BCUT2D eigenvalue weighted by atomic mass is 32.2. The largest absolute Gasteiger partial charge is 0.487 e. The summed E-state index contributed by atoms with van der Waals surface area (Å²) in [5, 5.41) is 6.10. The molecule has 4 rings (SSSR count). The molecule has 1 N–H and O–H groups in total. The maximum absolute atomic E-state index is 12.3. The fourth-order valence-corrected chi connectivity index (χ4v) is 5.04. The lowest BCUT2D eigenvalue weighted by atomic mass is 10.2. The minimum atomic E-state index is -3.30. The van der Waals surface area contributed by atoms with E-state index in [-0.39, 0.29) is 10.8 Å². The Balaban J connectivity index is 1.35. The van der Waals surface area contributed by atoms with Gasteiger partial charge in [-0.25, -0.2) is 18.4 Å². The third kappa shape index (κ3) is 5.58. The molecule has 2 aromatic carbocycles. The number of amides is 1. The molecule has 0 aliphatic rings. The highest BCUT2D eigenvalue weighted by Crippen LogP contribution is 2.28. The first-order valence-corrected chi connectivity index (χ1v) is 13.1. The zero-order chi connectivity index (χ0) is 22.7. The standard InChI is InChI=1S/C22H19N3O4S3/c1-14-23-16(13-30-14)12-29-17-6-3-15(4-7-17)5-10-21(26)25-22-24-19-9-8-18(32(2,27)28)11-20(19)31-22/h3-11,13H,12H2,1-2H3,(H,24,25,26)/b10-5+. The number of thiazole rings is 2. The quantitative estimate of drug-likeness (QED) is 0.381. The first-order chi connectivity index (χ1) is 15.3. The molecular formula is C22H19N3O4S3. The van der Waals surface area contributed by atoms with Crippen LogP contribution in [0.4, 0.5) is 5.13 Å². The molecule has 0 bridgehead atoms. The Morgan fingerprint density at radius 2 is 1.94 bits per heavy atom. The van der Waals surface area contributed by atoms with Crippen LogP contribution >= 0.6 is 22.7 Å². The molecule has 1 amide bonds. The summed E-state index contributed by atoms with van der Waals surface area (Å²) in [6.45, 7) is 2.37. The number of benzene rings is 2. The Hall–Kier alpha value is -3.08. The first-order valence-electron chi connectivity index (χ1n) is 9.50. The van der Waals surface area contributed by atoms with E-state index in [0.29, 0.717) is 22.0 Å². The molecule has 0 radical (unpaired) electrons. The summed E-state index contributed by atoms with van der Waals surface area (Å²) >= 11 is 2.81. The molecule has 4 aromatic rings. The fraction of sp³-hybridized carbons (Fsp3) is 0.136. The minimum absolute atomic E-state index is 0.223. The van der Waals surface area contributed by atoms with Crippen LogP contribution in [0.2, 0.25) is 0 Å². The molecule has 0 atom stereocenters. The summed E-state index contributed by atoms with van der Waals surface area (Å²) in [7, 11) is -3.30. The van der Waals surface area contributed by atoms with Crippen molar-refractivity contribution < 1.29 is 17.9 Å². The van der Waals surface area contributed by atoms with Gasteiger partial charge in [0.05, 0.1) is 25.8 Å². The summed E-state index contributed by atoms with van der Waals surface area (Å²) < 4.78 is 29.8. The molecular weight excluding hydrogens is 466 g/mol. The van der Waals surface area contributed by atoms with E-state index in [0.717, 1.165) is 28.3 Å². The van der Waals surface area contributed by atoms with Gasteiger partial charge >= 0.3 is 0 Å². The third-order valence-corrected chi connectivity index (χ3v) is 7.24. The molecule has 164 valence electrons. The highest BCUT2D eigenvalue weighted by molar-refractivity contribution is 7.90. The van der Waals surface area contributed by atoms with Crippen molar-refractivity contribution in [3.05, 3.63) is 70.2 Å². The number of hydrogen-bond acceptors (Lipinski definition) is 8. The second-order valence-electron chi connectivity index (χ2n) is 6.96. The van der Waals surface area contributed by atoms with Crippen LogP contribution in [-0.2, 0) is 21.2 Å². The van der Waals surface area contributed by atoms with Crippen LogP contribution in [-0.4, -0.2) is 30.5 Å². The number of fused-ring (bicyclic) bond motifs is 1. The van der Waals surface area contributed by atoms with Crippen LogP contribution < -0.4 is 10.1 Å². The van der Waals surface area contributed by atoms with Gasteiger partial charge in [-0.1, -0.05) is 23.5 Å². The van der Waals surface area contributed by atoms with Crippen LogP contribution in [0.5, 0.6) is 5.75 Å². The minimum Gasteiger partial charge on any atom is -0.487 e. The predicted molar refractivity (Wildman–Crippen MR) is 128 cm³/mol. The van der Waals surface area contributed by atoms with Gasteiger partial charge in [0.2, 0.25) is 5.91 Å². The number of nitrogens with zero attached hydrogens (tertiary/aromatic N) is 2. The van der Waals surface area contributed by atoms with Crippen LogP contribution in [0.15, 0.2) is 58.8 Å². The van der Waals surface area contributed by atoms with Crippen molar-refractivity contribution in [3.8, 4) is 5.75 Å². The average Bonchev–Trinajstić information content (AvgIpc) is 3.35. The molecule has 0 saturated carbocycles. The number of anilines is 1. The van der Waals surface area contributed by atoms with Gasteiger partial charge < -0.3 is 4.74 Å². The maximum Gasteiger partial charge on any atom is 0.250 e. The van der Waals surface area contributed by atoms with Crippen LogP contribution in [0.1, 0.15) is 16.3 Å². The molecule has 0 saturated heterocycles. The van der Waals surface area contributed by atoms with E-state index < -0.39 is 9.84 Å². The van der Waals surface area contributed by atoms with Crippen molar-refractivity contribution in [2.45, 2.75) is 18.4 Å². The average molecular weight is 486 g/mol. The van der Waals surface area contributed by atoms with Crippen LogP contribution in [0.3, 0.4) is 0 Å². The molecule has 32 heavy (non-hydrogen) atoms. The highest BCUT2D eigenvalue weighted by Gasteiger charge is 2.11. The van der Waals surface area contributed by atoms with Crippen molar-refractivity contribution in [2.75, 3.05) is 11.6 Å². The molecule has 7 nitrogen and oxygen atoms in total. The normalized spacial score (nSPS) is 11.8. The lowest BCUT2D eigenvalue weighted by molar-refractivity contribution is -0.111. The number of sulfone groups is 1. The molecule has 2 heterocycles. The number of rotatable bonds is 7. The Morgan fingerprint density at radius 3 is 2.62 bits per heavy atom. The van der Waals surface area contributed by atoms with Gasteiger partial charge in [-0.15, -0.1) is 11.3 Å². The fourth-order valence-electron chi connectivity index (χ4n) is 2.81. The summed E-state index contributed by atoms with van der Waals surface area (Å²) in [5.74, 6) is 0.395. The van der Waals surface area contributed by atoms with Gasteiger partial charge in [-0.2, -0.15) is 0 Å². The summed E-state index contributed by atoms with van der Waals surface area (Å²) in [4.78, 5) is 21.2. The van der Waals surface area contributed by atoms with Crippen molar-refractivity contribution in [1.29, 1.82) is 0 Å².